The van der Waals surface area contributed by atoms with E-state index >= 15 is 0 Å². The van der Waals surface area contributed by atoms with Gasteiger partial charge in [0.2, 0.25) is 5.91 Å². The number of halogens is 1. The van der Waals surface area contributed by atoms with Gasteiger partial charge < -0.3 is 10.6 Å². The number of nitrogens with zero attached hydrogens (tertiary/aromatic N) is 2. The Morgan fingerprint density at radius 3 is 2.62 bits per heavy atom. The number of nitrogens with two attached hydrogens (primary N) is 1. The van der Waals surface area contributed by atoms with E-state index in [1.165, 1.54) is 31.5 Å². The Morgan fingerprint density at radius 2 is 2.12 bits per heavy atom. The van der Waals surface area contributed by atoms with Crippen molar-refractivity contribution >= 4 is 23.3 Å². The third kappa shape index (κ3) is 2.35. The van der Waals surface area contributed by atoms with Gasteiger partial charge in [0.1, 0.15) is 12.4 Å². The molecular formula is C16H16FN3O4. The number of anilines is 1. The Hall–Kier alpha value is -2.74. The lowest BCUT2D eigenvalue weighted by molar-refractivity contribution is -0.155. The predicted octanol–water partition coefficient (Wildman–Crippen LogP) is 0.245. The summed E-state index contributed by atoms with van der Waals surface area (Å²) in [5, 5.41) is 0.926. The second-order valence-electron chi connectivity index (χ2n) is 5.74. The number of allylic oxidation sites excluding steroid dienone is 1. The molecule has 0 bridgehead atoms. The average Bonchev–Trinajstić information content (AvgIpc) is 2.85. The fourth-order valence-corrected chi connectivity index (χ4v) is 2.88. The minimum absolute atomic E-state index is 0.0207. The number of benzene rings is 1. The van der Waals surface area contributed by atoms with Crippen molar-refractivity contribution in [1.29, 1.82) is 0 Å². The monoisotopic (exact) mass is 333 g/mol. The number of amides is 2. The maximum absolute atomic E-state index is 14.6. The fraction of sp³-hybridized carbons (Fsp3) is 0.312. The van der Waals surface area contributed by atoms with Crippen LogP contribution in [0.4, 0.5) is 10.1 Å². The number of likely N-dealkylation sites (N-methyl/N-ethyl adjacent to an activating group) is 1. The van der Waals surface area contributed by atoms with Gasteiger partial charge >= 0.3 is 0 Å². The molecule has 2 aliphatic rings. The van der Waals surface area contributed by atoms with Crippen molar-refractivity contribution in [2.75, 3.05) is 25.1 Å². The normalized spacial score (nSPS) is 23.9. The number of carbonyl (C=O) groups excluding carboxylic acids is 3. The van der Waals surface area contributed by atoms with Gasteiger partial charge in [-0.3, -0.25) is 19.2 Å². The average molecular weight is 333 g/mol. The molecule has 0 saturated carbocycles. The van der Waals surface area contributed by atoms with Crippen LogP contribution in [0.1, 0.15) is 12.0 Å². The van der Waals surface area contributed by atoms with Gasteiger partial charge in [0.25, 0.3) is 5.91 Å². The molecule has 1 aromatic rings. The van der Waals surface area contributed by atoms with Gasteiger partial charge in [0.05, 0.1) is 5.69 Å². The number of rotatable bonds is 3. The van der Waals surface area contributed by atoms with Crippen LogP contribution >= 0.6 is 0 Å². The minimum atomic E-state index is -1.73. The topological polar surface area (TPSA) is 92.9 Å². The Kier molecular flexibility index (Phi) is 3.84. The van der Waals surface area contributed by atoms with E-state index in [4.69, 9.17) is 10.6 Å². The molecule has 0 unspecified atom stereocenters. The van der Waals surface area contributed by atoms with Crippen molar-refractivity contribution in [1.82, 2.24) is 5.06 Å². The summed E-state index contributed by atoms with van der Waals surface area (Å²) >= 11 is 0. The van der Waals surface area contributed by atoms with Gasteiger partial charge in [-0.05, 0) is 23.8 Å². The van der Waals surface area contributed by atoms with E-state index in [1.807, 2.05) is 0 Å². The van der Waals surface area contributed by atoms with Crippen molar-refractivity contribution in [3.05, 3.63) is 41.9 Å². The third-order valence-electron chi connectivity index (χ3n) is 4.34. The van der Waals surface area contributed by atoms with E-state index in [1.54, 1.807) is 4.90 Å². The van der Waals surface area contributed by atoms with Gasteiger partial charge in [0.15, 0.2) is 11.2 Å². The number of primary amides is 1. The molecule has 24 heavy (non-hydrogen) atoms. The molecule has 2 aliphatic heterocycles. The van der Waals surface area contributed by atoms with E-state index < -0.39 is 23.0 Å². The quantitative estimate of drug-likeness (QED) is 0.800. The van der Waals surface area contributed by atoms with Crippen molar-refractivity contribution in [2.45, 2.75) is 11.8 Å². The molecule has 2 amide bonds. The second-order valence-corrected chi connectivity index (χ2v) is 5.74. The van der Waals surface area contributed by atoms with Crippen molar-refractivity contribution < 1.29 is 23.6 Å². The molecule has 126 valence electrons. The van der Waals surface area contributed by atoms with Crippen LogP contribution in [0.25, 0.3) is 0 Å². The van der Waals surface area contributed by atoms with E-state index in [0.717, 1.165) is 11.1 Å². The van der Waals surface area contributed by atoms with Gasteiger partial charge in [-0.25, -0.2) is 9.45 Å². The molecule has 7 nitrogen and oxygen atoms in total. The third-order valence-corrected chi connectivity index (χ3v) is 4.34. The summed E-state index contributed by atoms with van der Waals surface area (Å²) in [6, 6.07) is 4.06. The van der Waals surface area contributed by atoms with Crippen LogP contribution in [0.3, 0.4) is 0 Å². The first kappa shape index (κ1) is 16.1. The zero-order chi connectivity index (χ0) is 17.5. The Morgan fingerprint density at radius 1 is 1.38 bits per heavy atom. The molecular weight excluding hydrogens is 317 g/mol. The number of ketones is 1. The Labute approximate surface area is 137 Å². The number of hydroxylamine groups is 2. The lowest BCUT2D eigenvalue weighted by Crippen LogP contribution is -2.49. The molecule has 8 heteroatoms. The van der Waals surface area contributed by atoms with Crippen molar-refractivity contribution in [2.24, 2.45) is 5.73 Å². The lowest BCUT2D eigenvalue weighted by atomic mass is 9.80. The zero-order valence-corrected chi connectivity index (χ0v) is 13.0. The smallest absolute Gasteiger partial charge is 0.268 e. The highest BCUT2D eigenvalue weighted by molar-refractivity contribution is 6.11. The summed E-state index contributed by atoms with van der Waals surface area (Å²) in [5.41, 5.74) is 4.07. The molecule has 0 aromatic heterocycles. The van der Waals surface area contributed by atoms with Gasteiger partial charge in [0, 0.05) is 26.2 Å². The molecule has 2 heterocycles. The first-order valence-electron chi connectivity index (χ1n) is 7.35. The van der Waals surface area contributed by atoms with Crippen LogP contribution in [-0.2, 0) is 24.6 Å². The molecule has 1 atom stereocenters. The van der Waals surface area contributed by atoms with Crippen LogP contribution in [-0.4, -0.2) is 42.9 Å². The number of carbonyl (C=O) groups is 3. The van der Waals surface area contributed by atoms with E-state index in [0.29, 0.717) is 13.0 Å². The van der Waals surface area contributed by atoms with Crippen molar-refractivity contribution in [3.63, 3.8) is 0 Å². The van der Waals surface area contributed by atoms with Crippen LogP contribution in [0.15, 0.2) is 30.5 Å². The molecule has 0 spiro atoms. The Bertz CT molecular complexity index is 764. The summed E-state index contributed by atoms with van der Waals surface area (Å²) in [6.07, 6.45) is 3.18. The molecule has 2 N–H and O–H groups in total. The highest BCUT2D eigenvalue weighted by Crippen LogP contribution is 2.34. The standard InChI is InChI=1S/C16H16FN3O4/c1-19-15(23)16(9-24-19,14(18)22)10-2-3-13(12(17)8-10)20-6-4-11(21)5-7-20/h2-4,6,8H,5,7,9H2,1H3,(H2,18,22)/t16-/m0/s1. The second kappa shape index (κ2) is 5.72. The predicted molar refractivity (Wildman–Crippen MR) is 82.1 cm³/mol. The molecule has 0 radical (unpaired) electrons. The van der Waals surface area contributed by atoms with E-state index in [9.17, 15) is 18.8 Å². The summed E-state index contributed by atoms with van der Waals surface area (Å²) in [7, 11) is 1.37. The molecule has 1 aromatic carbocycles. The fourth-order valence-electron chi connectivity index (χ4n) is 2.88. The number of hydrogen-bond donors (Lipinski definition) is 1. The van der Waals surface area contributed by atoms with E-state index in [2.05, 4.69) is 0 Å². The van der Waals surface area contributed by atoms with Gasteiger partial charge in [-0.1, -0.05) is 6.07 Å². The number of hydrogen-bond acceptors (Lipinski definition) is 5. The van der Waals surface area contributed by atoms with Gasteiger partial charge in [-0.15, -0.1) is 0 Å². The molecule has 1 saturated heterocycles. The van der Waals surface area contributed by atoms with Crippen molar-refractivity contribution in [3.8, 4) is 0 Å². The SMILES string of the molecule is CN1OC[C@@](C(N)=O)(c2ccc(N3C=CC(=O)CC3)c(F)c2)C1=O. The summed E-state index contributed by atoms with van der Waals surface area (Å²) < 4.78 is 14.6. The maximum atomic E-state index is 14.6. The summed E-state index contributed by atoms with van der Waals surface area (Å²) in [5.74, 6) is -2.17. The highest BCUT2D eigenvalue weighted by atomic mass is 19.1. The molecule has 1 fully saturated rings. The first-order chi connectivity index (χ1) is 11.4. The molecule has 0 aliphatic carbocycles. The summed E-state index contributed by atoms with van der Waals surface area (Å²) in [4.78, 5) is 42.2. The first-order valence-corrected chi connectivity index (χ1v) is 7.35. The maximum Gasteiger partial charge on any atom is 0.268 e. The van der Waals surface area contributed by atoms with Crippen LogP contribution in [0.2, 0.25) is 0 Å². The minimum Gasteiger partial charge on any atom is -0.368 e. The van der Waals surface area contributed by atoms with Crippen LogP contribution in [0.5, 0.6) is 0 Å². The van der Waals surface area contributed by atoms with Crippen LogP contribution in [0, 0.1) is 5.82 Å². The lowest BCUT2D eigenvalue weighted by Gasteiger charge is -2.26. The van der Waals surface area contributed by atoms with E-state index in [-0.39, 0.29) is 23.6 Å². The van der Waals surface area contributed by atoms with Crippen LogP contribution < -0.4 is 10.6 Å². The summed E-state index contributed by atoms with van der Waals surface area (Å²) in [6.45, 7) is 0.0892. The zero-order valence-electron chi connectivity index (χ0n) is 13.0. The molecule has 3 rings (SSSR count). The largest absolute Gasteiger partial charge is 0.368 e. The van der Waals surface area contributed by atoms with Gasteiger partial charge in [-0.2, -0.15) is 0 Å². The highest BCUT2D eigenvalue weighted by Gasteiger charge is 2.54. The Balaban J connectivity index is 2.00.